The average Bonchev–Trinajstić information content (AvgIpc) is 2.69. The number of carbonyl (C=O) groups is 1. The standard InChI is InChI=1S/C10H17NO2/c1-9(2,3)6-11-8(12)13-7-10(11)4-5-10/h4-7H2,1-3H3. The van der Waals surface area contributed by atoms with Crippen molar-refractivity contribution in [2.45, 2.75) is 39.2 Å². The van der Waals surface area contributed by atoms with Crippen LogP contribution in [0.5, 0.6) is 0 Å². The van der Waals surface area contributed by atoms with Gasteiger partial charge in [-0.3, -0.25) is 4.90 Å². The summed E-state index contributed by atoms with van der Waals surface area (Å²) in [7, 11) is 0. The maximum Gasteiger partial charge on any atom is 0.410 e. The van der Waals surface area contributed by atoms with E-state index in [-0.39, 0.29) is 17.0 Å². The Morgan fingerprint density at radius 2 is 2.08 bits per heavy atom. The number of amides is 1. The Balaban J connectivity index is 2.08. The van der Waals surface area contributed by atoms with Crippen LogP contribution < -0.4 is 0 Å². The number of rotatable bonds is 1. The van der Waals surface area contributed by atoms with Gasteiger partial charge in [-0.1, -0.05) is 20.8 Å². The van der Waals surface area contributed by atoms with Crippen LogP contribution in [0.4, 0.5) is 4.79 Å². The van der Waals surface area contributed by atoms with E-state index >= 15 is 0 Å². The third-order valence-electron chi connectivity index (χ3n) is 2.72. The molecule has 0 unspecified atom stereocenters. The fourth-order valence-electron chi connectivity index (χ4n) is 1.81. The van der Waals surface area contributed by atoms with Crippen molar-refractivity contribution < 1.29 is 9.53 Å². The Morgan fingerprint density at radius 1 is 1.46 bits per heavy atom. The predicted molar refractivity (Wildman–Crippen MR) is 49.5 cm³/mol. The van der Waals surface area contributed by atoms with Crippen LogP contribution in [0.2, 0.25) is 0 Å². The zero-order valence-corrected chi connectivity index (χ0v) is 8.59. The molecule has 1 saturated heterocycles. The SMILES string of the molecule is CC(C)(C)CN1C(=O)OCC12CC2. The molecule has 1 aliphatic heterocycles. The van der Waals surface area contributed by atoms with Gasteiger partial charge in [0.05, 0.1) is 5.54 Å². The van der Waals surface area contributed by atoms with Crippen molar-refractivity contribution in [2.75, 3.05) is 13.2 Å². The first-order valence-corrected chi connectivity index (χ1v) is 4.87. The van der Waals surface area contributed by atoms with Crippen molar-refractivity contribution in [3.63, 3.8) is 0 Å². The zero-order chi connectivity index (χ0) is 9.69. The quantitative estimate of drug-likeness (QED) is 0.622. The molecular formula is C10H17NO2. The highest BCUT2D eigenvalue weighted by Crippen LogP contribution is 2.46. The van der Waals surface area contributed by atoms with Crippen LogP contribution in [0.15, 0.2) is 0 Å². The first-order chi connectivity index (χ1) is 5.93. The van der Waals surface area contributed by atoms with Crippen molar-refractivity contribution >= 4 is 6.09 Å². The minimum atomic E-state index is -0.118. The van der Waals surface area contributed by atoms with Gasteiger partial charge in [-0.05, 0) is 18.3 Å². The van der Waals surface area contributed by atoms with E-state index in [1.807, 2.05) is 4.90 Å². The van der Waals surface area contributed by atoms with Crippen LogP contribution in [-0.2, 0) is 4.74 Å². The summed E-state index contributed by atoms with van der Waals surface area (Å²) < 4.78 is 5.08. The fraction of sp³-hybridized carbons (Fsp3) is 0.900. The molecule has 0 aromatic rings. The molecule has 1 heterocycles. The van der Waals surface area contributed by atoms with Crippen molar-refractivity contribution in [1.82, 2.24) is 4.90 Å². The highest BCUT2D eigenvalue weighted by atomic mass is 16.6. The van der Waals surface area contributed by atoms with E-state index in [0.717, 1.165) is 19.4 Å². The molecule has 74 valence electrons. The molecular weight excluding hydrogens is 166 g/mol. The van der Waals surface area contributed by atoms with E-state index in [0.29, 0.717) is 6.61 Å². The zero-order valence-electron chi connectivity index (χ0n) is 8.59. The molecule has 13 heavy (non-hydrogen) atoms. The van der Waals surface area contributed by atoms with Gasteiger partial charge in [0.1, 0.15) is 6.61 Å². The van der Waals surface area contributed by atoms with E-state index in [2.05, 4.69) is 20.8 Å². The van der Waals surface area contributed by atoms with Gasteiger partial charge in [0.2, 0.25) is 0 Å². The first-order valence-electron chi connectivity index (χ1n) is 4.87. The van der Waals surface area contributed by atoms with E-state index in [1.54, 1.807) is 0 Å². The minimum absolute atomic E-state index is 0.102. The second-order valence-electron chi connectivity index (χ2n) is 5.43. The maximum atomic E-state index is 11.4. The second kappa shape index (κ2) is 2.40. The molecule has 3 heteroatoms. The smallest absolute Gasteiger partial charge is 0.410 e. The number of carbonyl (C=O) groups excluding carboxylic acids is 1. The van der Waals surface area contributed by atoms with Gasteiger partial charge in [0.15, 0.2) is 0 Å². The monoisotopic (exact) mass is 183 g/mol. The summed E-state index contributed by atoms with van der Waals surface area (Å²) in [5.41, 5.74) is 0.267. The minimum Gasteiger partial charge on any atom is -0.447 e. The Hall–Kier alpha value is -0.730. The van der Waals surface area contributed by atoms with Gasteiger partial charge in [-0.2, -0.15) is 0 Å². The topological polar surface area (TPSA) is 29.5 Å². The molecule has 0 bridgehead atoms. The summed E-state index contributed by atoms with van der Waals surface area (Å²) in [6.45, 7) is 7.87. The second-order valence-corrected chi connectivity index (χ2v) is 5.43. The van der Waals surface area contributed by atoms with Gasteiger partial charge in [0.25, 0.3) is 0 Å². The molecule has 1 saturated carbocycles. The molecule has 2 fully saturated rings. The third-order valence-corrected chi connectivity index (χ3v) is 2.72. The van der Waals surface area contributed by atoms with Crippen LogP contribution in [0, 0.1) is 5.41 Å². The van der Waals surface area contributed by atoms with Crippen molar-refractivity contribution in [2.24, 2.45) is 5.41 Å². The highest BCUT2D eigenvalue weighted by Gasteiger charge is 2.56. The summed E-state index contributed by atoms with van der Waals surface area (Å²) in [6.07, 6.45) is 2.12. The first kappa shape index (κ1) is 8.85. The Morgan fingerprint density at radius 3 is 2.54 bits per heavy atom. The van der Waals surface area contributed by atoms with E-state index < -0.39 is 0 Å². The molecule has 0 N–H and O–H groups in total. The Kier molecular flexibility index (Phi) is 1.63. The van der Waals surface area contributed by atoms with E-state index in [1.165, 1.54) is 0 Å². The van der Waals surface area contributed by atoms with Gasteiger partial charge >= 0.3 is 6.09 Å². The molecule has 1 aliphatic carbocycles. The van der Waals surface area contributed by atoms with Crippen molar-refractivity contribution in [3.8, 4) is 0 Å². The van der Waals surface area contributed by atoms with Gasteiger partial charge in [-0.15, -0.1) is 0 Å². The number of cyclic esters (lactones) is 1. The van der Waals surface area contributed by atoms with Gasteiger partial charge < -0.3 is 4.74 Å². The lowest BCUT2D eigenvalue weighted by molar-refractivity contribution is 0.143. The molecule has 1 amide bonds. The summed E-state index contributed by atoms with van der Waals surface area (Å²) in [5, 5.41) is 0. The fourth-order valence-corrected chi connectivity index (χ4v) is 1.81. The number of hydrogen-bond acceptors (Lipinski definition) is 2. The normalized spacial score (nSPS) is 25.2. The third kappa shape index (κ3) is 1.52. The van der Waals surface area contributed by atoms with Crippen LogP contribution in [0.1, 0.15) is 33.6 Å². The van der Waals surface area contributed by atoms with Crippen LogP contribution in [0.3, 0.4) is 0 Å². The molecule has 2 aliphatic rings. The van der Waals surface area contributed by atoms with Crippen LogP contribution in [0.25, 0.3) is 0 Å². The largest absolute Gasteiger partial charge is 0.447 e. The lowest BCUT2D eigenvalue weighted by Gasteiger charge is -2.28. The lowest BCUT2D eigenvalue weighted by atomic mass is 9.95. The van der Waals surface area contributed by atoms with Crippen LogP contribution >= 0.6 is 0 Å². The van der Waals surface area contributed by atoms with Crippen LogP contribution in [-0.4, -0.2) is 29.7 Å². The number of nitrogens with zero attached hydrogens (tertiary/aromatic N) is 1. The maximum absolute atomic E-state index is 11.4. The molecule has 3 nitrogen and oxygen atoms in total. The number of hydrogen-bond donors (Lipinski definition) is 0. The highest BCUT2D eigenvalue weighted by molar-refractivity contribution is 5.72. The summed E-state index contributed by atoms with van der Waals surface area (Å²) in [4.78, 5) is 13.3. The molecule has 0 radical (unpaired) electrons. The van der Waals surface area contributed by atoms with Crippen molar-refractivity contribution in [1.29, 1.82) is 0 Å². The predicted octanol–water partition coefficient (Wildman–Crippen LogP) is 2.02. The van der Waals surface area contributed by atoms with Gasteiger partial charge in [0, 0.05) is 6.54 Å². The van der Waals surface area contributed by atoms with E-state index in [9.17, 15) is 4.79 Å². The summed E-state index contributed by atoms with van der Waals surface area (Å²) in [5.74, 6) is 0. The summed E-state index contributed by atoms with van der Waals surface area (Å²) >= 11 is 0. The Labute approximate surface area is 79.0 Å². The molecule has 0 atom stereocenters. The average molecular weight is 183 g/mol. The molecule has 0 aromatic carbocycles. The number of ether oxygens (including phenoxy) is 1. The van der Waals surface area contributed by atoms with Crippen molar-refractivity contribution in [3.05, 3.63) is 0 Å². The lowest BCUT2D eigenvalue weighted by Crippen LogP contribution is -2.41. The molecule has 0 aromatic heterocycles. The van der Waals surface area contributed by atoms with Gasteiger partial charge in [-0.25, -0.2) is 4.79 Å². The molecule has 1 spiro atoms. The Bertz CT molecular complexity index is 238. The molecule has 2 rings (SSSR count). The summed E-state index contributed by atoms with van der Waals surface area (Å²) in [6, 6.07) is 0. The van der Waals surface area contributed by atoms with E-state index in [4.69, 9.17) is 4.74 Å².